The molecule has 0 bridgehead atoms. The van der Waals surface area contributed by atoms with Crippen LogP contribution in [-0.4, -0.2) is 30.6 Å². The van der Waals surface area contributed by atoms with Crippen molar-refractivity contribution in [3.8, 4) is 0 Å². The molecule has 1 heterocycles. The van der Waals surface area contributed by atoms with E-state index in [2.05, 4.69) is 11.6 Å². The number of sulfonamides is 1. The van der Waals surface area contributed by atoms with Crippen molar-refractivity contribution in [2.45, 2.75) is 31.1 Å². The van der Waals surface area contributed by atoms with Crippen LogP contribution >= 0.6 is 0 Å². The zero-order valence-corrected chi connectivity index (χ0v) is 12.5. The summed E-state index contributed by atoms with van der Waals surface area (Å²) in [5.74, 6) is -0.242. The molecule has 0 spiro atoms. The highest BCUT2D eigenvalue weighted by Gasteiger charge is 2.26. The van der Waals surface area contributed by atoms with E-state index in [0.29, 0.717) is 18.4 Å². The van der Waals surface area contributed by atoms with E-state index in [1.807, 2.05) is 0 Å². The van der Waals surface area contributed by atoms with Crippen LogP contribution in [0.4, 0.5) is 0 Å². The molecule has 0 aromatic carbocycles. The molecule has 2 atom stereocenters. The number of carboxylic acid groups (broad SMARTS) is 1. The standard InChI is InChI=1S/C13H20N2O4S/c1-9-4-3-5-10(9)7-14-20(18,19)11-6-12(13(16)17)15(2)8-11/h6,8-10,14H,3-5,7H2,1-2H3,(H,16,17). The van der Waals surface area contributed by atoms with Crippen LogP contribution in [0, 0.1) is 11.8 Å². The largest absolute Gasteiger partial charge is 0.477 e. The monoisotopic (exact) mass is 300 g/mol. The van der Waals surface area contributed by atoms with Gasteiger partial charge in [-0.3, -0.25) is 0 Å². The SMILES string of the molecule is CC1CCCC1CNS(=O)(=O)c1cc(C(=O)O)n(C)c1. The highest BCUT2D eigenvalue weighted by molar-refractivity contribution is 7.89. The van der Waals surface area contributed by atoms with Gasteiger partial charge in [-0.05, 0) is 24.3 Å². The van der Waals surface area contributed by atoms with E-state index in [9.17, 15) is 13.2 Å². The van der Waals surface area contributed by atoms with Gasteiger partial charge in [0.05, 0.1) is 0 Å². The van der Waals surface area contributed by atoms with Gasteiger partial charge in [0, 0.05) is 19.8 Å². The van der Waals surface area contributed by atoms with Crippen LogP contribution in [0.1, 0.15) is 36.7 Å². The van der Waals surface area contributed by atoms with Crippen molar-refractivity contribution < 1.29 is 18.3 Å². The molecule has 1 aliphatic rings. The second-order valence-corrected chi connectivity index (χ2v) is 7.26. The fourth-order valence-corrected chi connectivity index (χ4v) is 3.88. The number of aryl methyl sites for hydroxylation is 1. The Morgan fingerprint density at radius 3 is 2.70 bits per heavy atom. The van der Waals surface area contributed by atoms with Gasteiger partial charge in [0.25, 0.3) is 0 Å². The molecular weight excluding hydrogens is 280 g/mol. The molecule has 7 heteroatoms. The minimum atomic E-state index is -3.64. The lowest BCUT2D eigenvalue weighted by atomic mass is 9.99. The number of nitrogens with one attached hydrogen (secondary N) is 1. The summed E-state index contributed by atoms with van der Waals surface area (Å²) in [6, 6.07) is 1.18. The number of hydrogen-bond acceptors (Lipinski definition) is 3. The number of carboxylic acids is 1. The molecule has 1 aliphatic carbocycles. The van der Waals surface area contributed by atoms with Gasteiger partial charge in [-0.1, -0.05) is 19.8 Å². The summed E-state index contributed by atoms with van der Waals surface area (Å²) >= 11 is 0. The van der Waals surface area contributed by atoms with Gasteiger partial charge in [-0.15, -0.1) is 0 Å². The average Bonchev–Trinajstić information content (AvgIpc) is 2.93. The Morgan fingerprint density at radius 2 is 2.20 bits per heavy atom. The van der Waals surface area contributed by atoms with Crippen molar-refractivity contribution in [3.05, 3.63) is 18.0 Å². The molecule has 0 aliphatic heterocycles. The van der Waals surface area contributed by atoms with Crippen LogP contribution in [0.2, 0.25) is 0 Å². The van der Waals surface area contributed by atoms with E-state index in [1.54, 1.807) is 0 Å². The maximum Gasteiger partial charge on any atom is 0.352 e. The van der Waals surface area contributed by atoms with E-state index < -0.39 is 16.0 Å². The van der Waals surface area contributed by atoms with Gasteiger partial charge in [0.1, 0.15) is 10.6 Å². The van der Waals surface area contributed by atoms with Crippen molar-refractivity contribution >= 4 is 16.0 Å². The average molecular weight is 300 g/mol. The van der Waals surface area contributed by atoms with E-state index >= 15 is 0 Å². The first kappa shape index (κ1) is 15.1. The third-order valence-electron chi connectivity index (χ3n) is 4.08. The zero-order chi connectivity index (χ0) is 14.9. The zero-order valence-electron chi connectivity index (χ0n) is 11.7. The highest BCUT2D eigenvalue weighted by Crippen LogP contribution is 2.30. The minimum absolute atomic E-state index is 0.00282. The van der Waals surface area contributed by atoms with Crippen LogP contribution < -0.4 is 4.72 Å². The second kappa shape index (κ2) is 5.57. The molecule has 2 unspecified atom stereocenters. The Kier molecular flexibility index (Phi) is 4.19. The molecule has 112 valence electrons. The third kappa shape index (κ3) is 3.04. The number of rotatable bonds is 5. The number of aromatic carboxylic acids is 1. The lowest BCUT2D eigenvalue weighted by Gasteiger charge is -2.15. The highest BCUT2D eigenvalue weighted by atomic mass is 32.2. The predicted molar refractivity (Wildman–Crippen MR) is 74.1 cm³/mol. The van der Waals surface area contributed by atoms with Crippen LogP contribution in [0.5, 0.6) is 0 Å². The van der Waals surface area contributed by atoms with E-state index in [4.69, 9.17) is 5.11 Å². The molecule has 2 rings (SSSR count). The molecule has 0 amide bonds. The molecular formula is C13H20N2O4S. The Hall–Kier alpha value is -1.34. The summed E-state index contributed by atoms with van der Waals surface area (Å²) in [7, 11) is -2.13. The van der Waals surface area contributed by atoms with Crippen molar-refractivity contribution in [2.75, 3.05) is 6.54 Å². The summed E-state index contributed by atoms with van der Waals surface area (Å²) in [6.45, 7) is 2.55. The van der Waals surface area contributed by atoms with Gasteiger partial charge in [0.15, 0.2) is 0 Å². The lowest BCUT2D eigenvalue weighted by molar-refractivity contribution is 0.0686. The first-order chi connectivity index (χ1) is 9.31. The molecule has 0 radical (unpaired) electrons. The molecule has 1 aromatic rings. The van der Waals surface area contributed by atoms with Crippen LogP contribution in [0.25, 0.3) is 0 Å². The molecule has 20 heavy (non-hydrogen) atoms. The Bertz CT molecular complexity index is 606. The summed E-state index contributed by atoms with van der Waals surface area (Å²) in [5, 5.41) is 8.95. The first-order valence-electron chi connectivity index (χ1n) is 6.70. The molecule has 1 aromatic heterocycles. The normalized spacial score (nSPS) is 23.1. The van der Waals surface area contributed by atoms with Crippen LogP contribution in [-0.2, 0) is 17.1 Å². The van der Waals surface area contributed by atoms with Crippen molar-refractivity contribution in [1.29, 1.82) is 0 Å². The molecule has 1 saturated carbocycles. The molecule has 0 saturated heterocycles. The lowest BCUT2D eigenvalue weighted by Crippen LogP contribution is -2.30. The summed E-state index contributed by atoms with van der Waals surface area (Å²) in [4.78, 5) is 10.9. The second-order valence-electron chi connectivity index (χ2n) is 5.50. The van der Waals surface area contributed by atoms with Crippen molar-refractivity contribution in [2.24, 2.45) is 18.9 Å². The fraction of sp³-hybridized carbons (Fsp3) is 0.615. The predicted octanol–water partition coefficient (Wildman–Crippen LogP) is 1.44. The summed E-state index contributed by atoms with van der Waals surface area (Å²) in [5.41, 5.74) is -0.0420. The minimum Gasteiger partial charge on any atom is -0.477 e. The van der Waals surface area contributed by atoms with Gasteiger partial charge in [0.2, 0.25) is 10.0 Å². The number of aromatic nitrogens is 1. The quantitative estimate of drug-likeness (QED) is 0.861. The molecule has 2 N–H and O–H groups in total. The maximum absolute atomic E-state index is 12.2. The summed E-state index contributed by atoms with van der Waals surface area (Å²) in [6.07, 6.45) is 4.64. The molecule has 1 fully saturated rings. The van der Waals surface area contributed by atoms with Crippen molar-refractivity contribution in [3.63, 3.8) is 0 Å². The topological polar surface area (TPSA) is 88.4 Å². The number of nitrogens with zero attached hydrogens (tertiary/aromatic N) is 1. The first-order valence-corrected chi connectivity index (χ1v) is 8.19. The van der Waals surface area contributed by atoms with E-state index in [0.717, 1.165) is 19.3 Å². The van der Waals surface area contributed by atoms with Gasteiger partial charge >= 0.3 is 5.97 Å². The van der Waals surface area contributed by atoms with E-state index in [-0.39, 0.29) is 10.6 Å². The smallest absolute Gasteiger partial charge is 0.352 e. The van der Waals surface area contributed by atoms with Crippen LogP contribution in [0.3, 0.4) is 0 Å². The van der Waals surface area contributed by atoms with Gasteiger partial charge in [-0.2, -0.15) is 0 Å². The Morgan fingerprint density at radius 1 is 1.50 bits per heavy atom. The molecule has 6 nitrogen and oxygen atoms in total. The fourth-order valence-electron chi connectivity index (χ4n) is 2.72. The Balaban J connectivity index is 2.10. The number of hydrogen-bond donors (Lipinski definition) is 2. The van der Waals surface area contributed by atoms with Crippen LogP contribution in [0.15, 0.2) is 17.2 Å². The van der Waals surface area contributed by atoms with E-state index in [1.165, 1.54) is 23.9 Å². The third-order valence-corrected chi connectivity index (χ3v) is 5.47. The Labute approximate surface area is 118 Å². The van der Waals surface area contributed by atoms with Crippen molar-refractivity contribution in [1.82, 2.24) is 9.29 Å². The maximum atomic E-state index is 12.2. The number of carbonyl (C=O) groups is 1. The summed E-state index contributed by atoms with van der Waals surface area (Å²) < 4.78 is 28.2. The van der Waals surface area contributed by atoms with Gasteiger partial charge < -0.3 is 9.67 Å². The van der Waals surface area contributed by atoms with Gasteiger partial charge in [-0.25, -0.2) is 17.9 Å².